The summed E-state index contributed by atoms with van der Waals surface area (Å²) >= 11 is 0. The fourth-order valence-corrected chi connectivity index (χ4v) is 5.61. The predicted octanol–water partition coefficient (Wildman–Crippen LogP) is 3.85. The van der Waals surface area contributed by atoms with Gasteiger partial charge in [0, 0.05) is 29.7 Å². The first-order valence-corrected chi connectivity index (χ1v) is 12.7. The Balaban J connectivity index is 1.24. The number of amides is 1. The van der Waals surface area contributed by atoms with Gasteiger partial charge < -0.3 is 19.6 Å². The van der Waals surface area contributed by atoms with E-state index in [0.29, 0.717) is 24.0 Å². The van der Waals surface area contributed by atoms with Crippen LogP contribution in [0.15, 0.2) is 83.2 Å². The van der Waals surface area contributed by atoms with Crippen LogP contribution in [-0.4, -0.2) is 50.8 Å². The molecule has 1 fully saturated rings. The van der Waals surface area contributed by atoms with Gasteiger partial charge in [-0.15, -0.1) is 0 Å². The summed E-state index contributed by atoms with van der Waals surface area (Å²) in [6.45, 7) is 1.45. The van der Waals surface area contributed by atoms with E-state index in [1.165, 1.54) is 29.2 Å². The number of benzene rings is 3. The molecule has 1 saturated heterocycles. The van der Waals surface area contributed by atoms with Gasteiger partial charge in [-0.25, -0.2) is 4.79 Å². The van der Waals surface area contributed by atoms with E-state index < -0.39 is 29.0 Å². The third-order valence-electron chi connectivity index (χ3n) is 7.61. The minimum Gasteiger partial charge on any atom is -0.456 e. The van der Waals surface area contributed by atoms with Gasteiger partial charge >= 0.3 is 5.97 Å². The molecule has 0 radical (unpaired) electrons. The van der Waals surface area contributed by atoms with Crippen molar-refractivity contribution in [1.82, 2.24) is 4.90 Å². The quantitative estimate of drug-likeness (QED) is 0.214. The second kappa shape index (κ2) is 9.63. The number of hydrogen-bond donors (Lipinski definition) is 1. The number of non-ortho nitro benzene ring substituents is 1. The normalized spacial score (nSPS) is 22.7. The zero-order chi connectivity index (χ0) is 27.3. The molecule has 3 aliphatic heterocycles. The molecule has 3 aromatic rings. The molecule has 3 aliphatic rings. The van der Waals surface area contributed by atoms with Gasteiger partial charge in [-0.1, -0.05) is 41.6 Å². The van der Waals surface area contributed by atoms with Crippen molar-refractivity contribution in [2.24, 2.45) is 11.1 Å². The van der Waals surface area contributed by atoms with E-state index in [0.717, 1.165) is 22.0 Å². The summed E-state index contributed by atoms with van der Waals surface area (Å²) in [5.41, 5.74) is 2.91. The molecular formula is C29H25N3O7. The third kappa shape index (κ3) is 4.32. The number of nitrogens with zero attached hydrogens (tertiary/aromatic N) is 3. The minimum atomic E-state index is -0.857. The summed E-state index contributed by atoms with van der Waals surface area (Å²) in [6.07, 6.45) is -0.624. The Hall–Kier alpha value is -4.57. The van der Waals surface area contributed by atoms with Gasteiger partial charge in [0.15, 0.2) is 6.10 Å². The van der Waals surface area contributed by atoms with Crippen LogP contribution in [0, 0.1) is 16.0 Å². The van der Waals surface area contributed by atoms with E-state index >= 15 is 0 Å². The molecular weight excluding hydrogens is 502 g/mol. The molecule has 3 heterocycles. The lowest BCUT2D eigenvalue weighted by molar-refractivity contribution is -0.384. The molecule has 6 rings (SSSR count). The van der Waals surface area contributed by atoms with Crippen molar-refractivity contribution in [1.29, 1.82) is 0 Å². The van der Waals surface area contributed by atoms with Crippen LogP contribution in [0.2, 0.25) is 0 Å². The van der Waals surface area contributed by atoms with Gasteiger partial charge in [-0.3, -0.25) is 14.9 Å². The SMILES string of the molecule is C[C@@H](O)[C@H]1C(=O)N2C(C(=O)OCc3ccc([N+](=O)[O-])cc3)=C([C@@H]3CC(c4ccc5ccccc5c4)=NO3)C[C@H]12. The number of hydrogen-bond acceptors (Lipinski definition) is 8. The Labute approximate surface area is 223 Å². The molecule has 0 saturated carbocycles. The van der Waals surface area contributed by atoms with Gasteiger partial charge in [0.25, 0.3) is 5.69 Å². The fraction of sp³-hybridized carbons (Fsp3) is 0.276. The summed E-state index contributed by atoms with van der Waals surface area (Å²) in [5, 5.41) is 27.6. The predicted molar refractivity (Wildman–Crippen MR) is 140 cm³/mol. The molecule has 3 aromatic carbocycles. The molecule has 1 N–H and O–H groups in total. The van der Waals surface area contributed by atoms with E-state index in [-0.39, 0.29) is 29.9 Å². The number of carbonyl (C=O) groups is 2. The number of nitro groups is 1. The van der Waals surface area contributed by atoms with E-state index in [2.05, 4.69) is 5.16 Å². The molecule has 1 amide bonds. The van der Waals surface area contributed by atoms with Crippen molar-refractivity contribution >= 4 is 34.0 Å². The average molecular weight is 528 g/mol. The molecule has 0 aliphatic carbocycles. The summed E-state index contributed by atoms with van der Waals surface area (Å²) in [6, 6.07) is 19.4. The third-order valence-corrected chi connectivity index (χ3v) is 7.61. The molecule has 198 valence electrons. The number of nitro benzene ring substituents is 1. The first-order chi connectivity index (χ1) is 18.8. The summed E-state index contributed by atoms with van der Waals surface area (Å²) in [4.78, 5) is 43.9. The van der Waals surface area contributed by atoms with Crippen LogP contribution < -0.4 is 0 Å². The second-order valence-corrected chi connectivity index (χ2v) is 10.0. The molecule has 10 heteroatoms. The van der Waals surface area contributed by atoms with Crippen LogP contribution in [-0.2, 0) is 25.8 Å². The van der Waals surface area contributed by atoms with Crippen molar-refractivity contribution in [2.45, 2.75) is 44.6 Å². The van der Waals surface area contributed by atoms with Crippen LogP contribution >= 0.6 is 0 Å². The molecule has 0 aromatic heterocycles. The highest BCUT2D eigenvalue weighted by Gasteiger charge is 2.58. The molecule has 0 unspecified atom stereocenters. The van der Waals surface area contributed by atoms with E-state index in [4.69, 9.17) is 9.57 Å². The van der Waals surface area contributed by atoms with Crippen molar-refractivity contribution in [3.8, 4) is 0 Å². The lowest BCUT2D eigenvalue weighted by atomic mass is 9.82. The standard InChI is InChI=1S/C29H25N3O7/c1-16(33)26-24-13-22(25-14-23(30-39-25)20-9-8-18-4-2-3-5-19(18)12-20)27(31(24)28(26)34)29(35)38-15-17-6-10-21(11-7-17)32(36)37/h2-12,16,24-26,33H,13-15H2,1H3/t16-,24-,25+,26-/m1/s1. The Morgan fingerprint density at radius 2 is 1.90 bits per heavy atom. The van der Waals surface area contributed by atoms with Gasteiger partial charge in [0.1, 0.15) is 12.3 Å². The van der Waals surface area contributed by atoms with Crippen LogP contribution in [0.1, 0.15) is 30.9 Å². The average Bonchev–Trinajstić information content (AvgIpc) is 3.55. The van der Waals surface area contributed by atoms with Gasteiger partial charge in [0.05, 0.1) is 28.7 Å². The Morgan fingerprint density at radius 1 is 1.15 bits per heavy atom. The van der Waals surface area contributed by atoms with Gasteiger partial charge in [-0.05, 0) is 47.9 Å². The summed E-state index contributed by atoms with van der Waals surface area (Å²) in [5.74, 6) is -1.63. The summed E-state index contributed by atoms with van der Waals surface area (Å²) < 4.78 is 5.54. The Bertz CT molecular complexity index is 1560. The van der Waals surface area contributed by atoms with Crippen molar-refractivity contribution in [3.05, 3.63) is 99.2 Å². The van der Waals surface area contributed by atoms with Crippen molar-refractivity contribution in [3.63, 3.8) is 0 Å². The number of β-lactam (4-membered cyclic amide) rings is 1. The number of aliphatic hydroxyl groups is 1. The van der Waals surface area contributed by atoms with Gasteiger partial charge in [-0.2, -0.15) is 0 Å². The van der Waals surface area contributed by atoms with Crippen molar-refractivity contribution < 1.29 is 29.2 Å². The lowest BCUT2D eigenvalue weighted by Gasteiger charge is -2.44. The fourth-order valence-electron chi connectivity index (χ4n) is 5.61. The summed E-state index contributed by atoms with van der Waals surface area (Å²) in [7, 11) is 0. The van der Waals surface area contributed by atoms with Crippen LogP contribution in [0.25, 0.3) is 10.8 Å². The number of ether oxygens (including phenoxy) is 1. The van der Waals surface area contributed by atoms with Gasteiger partial charge in [0.2, 0.25) is 5.91 Å². The maximum atomic E-state index is 13.3. The minimum absolute atomic E-state index is 0.0651. The van der Waals surface area contributed by atoms with E-state index in [9.17, 15) is 24.8 Å². The highest BCUT2D eigenvalue weighted by Crippen LogP contribution is 2.46. The molecule has 39 heavy (non-hydrogen) atoms. The van der Waals surface area contributed by atoms with Crippen LogP contribution in [0.5, 0.6) is 0 Å². The van der Waals surface area contributed by atoms with Crippen LogP contribution in [0.3, 0.4) is 0 Å². The van der Waals surface area contributed by atoms with Crippen molar-refractivity contribution in [2.75, 3.05) is 0 Å². The largest absolute Gasteiger partial charge is 0.456 e. The second-order valence-electron chi connectivity index (χ2n) is 10.0. The topological polar surface area (TPSA) is 132 Å². The smallest absolute Gasteiger partial charge is 0.355 e. The monoisotopic (exact) mass is 527 g/mol. The maximum Gasteiger partial charge on any atom is 0.355 e. The first-order valence-electron chi connectivity index (χ1n) is 12.7. The van der Waals surface area contributed by atoms with Crippen LogP contribution in [0.4, 0.5) is 5.69 Å². The molecule has 0 bridgehead atoms. The highest BCUT2D eigenvalue weighted by atomic mass is 16.6. The zero-order valence-corrected chi connectivity index (χ0v) is 21.0. The number of rotatable bonds is 7. The number of fused-ring (bicyclic) bond motifs is 2. The molecule has 10 nitrogen and oxygen atoms in total. The highest BCUT2D eigenvalue weighted by molar-refractivity contribution is 6.05. The maximum absolute atomic E-state index is 13.3. The number of oxime groups is 1. The lowest BCUT2D eigenvalue weighted by Crippen LogP contribution is -2.61. The molecule has 4 atom stereocenters. The number of esters is 1. The zero-order valence-electron chi connectivity index (χ0n) is 21.0. The first kappa shape index (κ1) is 24.7. The van der Waals surface area contributed by atoms with E-state index in [1.807, 2.05) is 42.5 Å². The Kier molecular flexibility index (Phi) is 6.11. The van der Waals surface area contributed by atoms with E-state index in [1.54, 1.807) is 6.92 Å². The Morgan fingerprint density at radius 3 is 2.62 bits per heavy atom. The number of aliphatic hydroxyl groups excluding tert-OH is 1. The number of carbonyl (C=O) groups excluding carboxylic acids is 2. The molecule has 0 spiro atoms.